The number of anilines is 1. The lowest BCUT2D eigenvalue weighted by Crippen LogP contribution is -2.53. The molecule has 0 aromatic heterocycles. The van der Waals surface area contributed by atoms with E-state index in [1.807, 2.05) is 69.3 Å². The molecule has 2 N–H and O–H groups in total. The van der Waals surface area contributed by atoms with E-state index in [4.69, 9.17) is 27.9 Å². The lowest BCUT2D eigenvalue weighted by atomic mass is 9.49. The van der Waals surface area contributed by atoms with E-state index >= 15 is 4.79 Å². The fourth-order valence-corrected chi connectivity index (χ4v) is 9.86. The van der Waals surface area contributed by atoms with Gasteiger partial charge in [0.05, 0.1) is 41.0 Å². The second-order valence-corrected chi connectivity index (χ2v) is 16.0. The Labute approximate surface area is 311 Å². The SMILES string of the molecule is COc1ccc(C23C(=O)N(Nc4ccc(Cl)cc4Cl)C(=O)C2CC2C(=CCC4C(=O)N(C(C)(C)C)C(=O)C42)C3c2ccc(O)c3ccccc23)cc1. The van der Waals surface area contributed by atoms with Crippen LogP contribution in [-0.4, -0.2) is 51.3 Å². The molecule has 4 aliphatic rings. The van der Waals surface area contributed by atoms with E-state index in [0.29, 0.717) is 39.2 Å². The Morgan fingerprint density at radius 2 is 1.58 bits per heavy atom. The first-order valence-corrected chi connectivity index (χ1v) is 18.1. The maximum absolute atomic E-state index is 15.5. The number of carbonyl (C=O) groups excluding carboxylic acids is 4. The summed E-state index contributed by atoms with van der Waals surface area (Å²) in [4.78, 5) is 60.2. The van der Waals surface area contributed by atoms with Crippen LogP contribution in [0.3, 0.4) is 0 Å². The second kappa shape index (κ2) is 12.1. The molecular weight excluding hydrogens is 701 g/mol. The molecule has 2 saturated heterocycles. The maximum atomic E-state index is 15.5. The van der Waals surface area contributed by atoms with Gasteiger partial charge in [-0.25, -0.2) is 0 Å². The van der Waals surface area contributed by atoms with Gasteiger partial charge in [0, 0.05) is 21.9 Å². The van der Waals surface area contributed by atoms with E-state index in [1.165, 1.54) is 11.0 Å². The Morgan fingerprint density at radius 1 is 0.865 bits per heavy atom. The number of rotatable bonds is 5. The van der Waals surface area contributed by atoms with Crippen LogP contribution < -0.4 is 10.2 Å². The van der Waals surface area contributed by atoms with E-state index < -0.39 is 52.4 Å². The number of aromatic hydroxyl groups is 1. The number of phenols is 1. The van der Waals surface area contributed by atoms with Crippen LogP contribution in [0.4, 0.5) is 5.69 Å². The highest BCUT2D eigenvalue weighted by Crippen LogP contribution is 2.65. The Bertz CT molecular complexity index is 2230. The summed E-state index contributed by atoms with van der Waals surface area (Å²) < 4.78 is 5.50. The Hall–Kier alpha value is -4.86. The highest BCUT2D eigenvalue weighted by Gasteiger charge is 2.70. The monoisotopic (exact) mass is 737 g/mol. The van der Waals surface area contributed by atoms with Gasteiger partial charge in [0.1, 0.15) is 11.5 Å². The number of hydrazine groups is 1. The molecule has 6 atom stereocenters. The van der Waals surface area contributed by atoms with E-state index in [-0.39, 0.29) is 29.0 Å². The van der Waals surface area contributed by atoms with Crippen molar-refractivity contribution in [2.45, 2.75) is 50.5 Å². The molecule has 1 saturated carbocycles. The van der Waals surface area contributed by atoms with Gasteiger partial charge in [-0.15, -0.1) is 0 Å². The Morgan fingerprint density at radius 3 is 2.25 bits per heavy atom. The Balaban J connectivity index is 1.40. The summed E-state index contributed by atoms with van der Waals surface area (Å²) >= 11 is 12.8. The number of fused-ring (bicyclic) bond motifs is 5. The van der Waals surface area contributed by atoms with E-state index in [9.17, 15) is 19.5 Å². The van der Waals surface area contributed by atoms with Gasteiger partial charge in [-0.2, -0.15) is 5.01 Å². The summed E-state index contributed by atoms with van der Waals surface area (Å²) in [5.41, 5.74) is 3.24. The number of likely N-dealkylation sites (tertiary alicyclic amines) is 1. The van der Waals surface area contributed by atoms with Crippen LogP contribution in [-0.2, 0) is 24.6 Å². The summed E-state index contributed by atoms with van der Waals surface area (Å²) in [5.74, 6) is -4.34. The highest BCUT2D eigenvalue weighted by molar-refractivity contribution is 6.36. The van der Waals surface area contributed by atoms with Crippen molar-refractivity contribution in [1.29, 1.82) is 0 Å². The topological polar surface area (TPSA) is 116 Å². The average Bonchev–Trinajstić information content (AvgIpc) is 3.51. The van der Waals surface area contributed by atoms with Crippen molar-refractivity contribution in [3.8, 4) is 11.5 Å². The van der Waals surface area contributed by atoms with Crippen LogP contribution in [0.1, 0.15) is 50.7 Å². The van der Waals surface area contributed by atoms with Crippen molar-refractivity contribution in [2.75, 3.05) is 12.5 Å². The van der Waals surface area contributed by atoms with Gasteiger partial charge in [-0.3, -0.25) is 29.5 Å². The molecule has 0 bridgehead atoms. The normalized spacial score (nSPS) is 27.0. The zero-order valence-corrected chi connectivity index (χ0v) is 30.5. The van der Waals surface area contributed by atoms with Crippen LogP contribution in [0.2, 0.25) is 10.0 Å². The van der Waals surface area contributed by atoms with Gasteiger partial charge in [0.15, 0.2) is 0 Å². The van der Waals surface area contributed by atoms with Gasteiger partial charge < -0.3 is 9.84 Å². The fraction of sp³-hybridized carbons (Fsp3) is 0.317. The lowest BCUT2D eigenvalue weighted by molar-refractivity contribution is -0.146. The molecule has 0 spiro atoms. The number of hydrogen-bond donors (Lipinski definition) is 2. The van der Waals surface area contributed by atoms with Crippen molar-refractivity contribution in [1.82, 2.24) is 9.91 Å². The molecule has 11 heteroatoms. The number of halogens is 2. The molecule has 3 fully saturated rings. The van der Waals surface area contributed by atoms with Crippen molar-refractivity contribution in [3.05, 3.63) is 112 Å². The first-order chi connectivity index (χ1) is 24.8. The van der Waals surface area contributed by atoms with E-state index in [0.717, 1.165) is 16.1 Å². The molecule has 4 amide bonds. The van der Waals surface area contributed by atoms with Crippen molar-refractivity contribution in [2.24, 2.45) is 23.7 Å². The summed E-state index contributed by atoms with van der Waals surface area (Å²) in [6.45, 7) is 5.54. The summed E-state index contributed by atoms with van der Waals surface area (Å²) in [7, 11) is 1.56. The number of benzene rings is 4. The zero-order chi connectivity index (χ0) is 36.9. The molecule has 266 valence electrons. The predicted octanol–water partition coefficient (Wildman–Crippen LogP) is 7.64. The minimum atomic E-state index is -1.51. The van der Waals surface area contributed by atoms with Gasteiger partial charge in [0.2, 0.25) is 11.8 Å². The maximum Gasteiger partial charge on any atom is 0.260 e. The molecule has 52 heavy (non-hydrogen) atoms. The highest BCUT2D eigenvalue weighted by atomic mass is 35.5. The molecule has 9 nitrogen and oxygen atoms in total. The number of ether oxygens (including phenoxy) is 1. The van der Waals surface area contributed by atoms with Crippen molar-refractivity contribution >= 4 is 63.3 Å². The molecule has 2 heterocycles. The van der Waals surface area contributed by atoms with Crippen molar-refractivity contribution in [3.63, 3.8) is 0 Å². The molecule has 4 aromatic rings. The zero-order valence-electron chi connectivity index (χ0n) is 29.0. The average molecular weight is 739 g/mol. The predicted molar refractivity (Wildman–Crippen MR) is 198 cm³/mol. The smallest absolute Gasteiger partial charge is 0.260 e. The number of amides is 4. The summed E-state index contributed by atoms with van der Waals surface area (Å²) in [6.07, 6.45) is 2.49. The molecule has 8 rings (SSSR count). The molecular formula is C41H37Cl2N3O6. The van der Waals surface area contributed by atoms with Crippen LogP contribution in [0, 0.1) is 23.7 Å². The van der Waals surface area contributed by atoms with Crippen LogP contribution in [0.5, 0.6) is 11.5 Å². The van der Waals surface area contributed by atoms with Gasteiger partial charge in [0.25, 0.3) is 11.8 Å². The number of phenolic OH excluding ortho intramolecular Hbond substituents is 1. The molecule has 6 unspecified atom stereocenters. The summed E-state index contributed by atoms with van der Waals surface area (Å²) in [5, 5.41) is 14.0. The van der Waals surface area contributed by atoms with Crippen LogP contribution in [0.15, 0.2) is 90.5 Å². The van der Waals surface area contributed by atoms with Gasteiger partial charge >= 0.3 is 0 Å². The summed E-state index contributed by atoms with van der Waals surface area (Å²) in [6, 6.07) is 22.8. The Kier molecular flexibility index (Phi) is 7.97. The number of nitrogens with zero attached hydrogens (tertiary/aromatic N) is 2. The third kappa shape index (κ3) is 4.82. The van der Waals surface area contributed by atoms with Crippen LogP contribution >= 0.6 is 23.2 Å². The lowest BCUT2D eigenvalue weighted by Gasteiger charge is -2.51. The number of hydrogen-bond acceptors (Lipinski definition) is 7. The third-order valence-corrected chi connectivity index (χ3v) is 12.0. The van der Waals surface area contributed by atoms with Gasteiger partial charge in [-0.05, 0) is 92.4 Å². The first-order valence-electron chi connectivity index (χ1n) is 17.3. The molecule has 4 aromatic carbocycles. The first kappa shape index (κ1) is 34.2. The number of allylic oxidation sites excluding steroid dienone is 2. The largest absolute Gasteiger partial charge is 0.507 e. The van der Waals surface area contributed by atoms with E-state index in [1.54, 1.807) is 37.4 Å². The fourth-order valence-electron chi connectivity index (χ4n) is 9.41. The molecule has 2 aliphatic carbocycles. The minimum Gasteiger partial charge on any atom is -0.507 e. The van der Waals surface area contributed by atoms with Gasteiger partial charge in [-0.1, -0.05) is 77.3 Å². The van der Waals surface area contributed by atoms with Crippen molar-refractivity contribution < 1.29 is 29.0 Å². The minimum absolute atomic E-state index is 0.0753. The number of methoxy groups -OCH3 is 1. The third-order valence-electron chi connectivity index (χ3n) is 11.5. The quantitative estimate of drug-likeness (QED) is 0.160. The number of carbonyl (C=O) groups is 4. The van der Waals surface area contributed by atoms with E-state index in [2.05, 4.69) is 5.43 Å². The molecule has 0 radical (unpaired) electrons. The molecule has 2 aliphatic heterocycles. The van der Waals surface area contributed by atoms with Crippen LogP contribution in [0.25, 0.3) is 10.8 Å². The number of nitrogens with one attached hydrogen (secondary N) is 1. The number of imide groups is 2. The second-order valence-electron chi connectivity index (χ2n) is 15.1. The standard InChI is InChI=1S/C41H37Cl2N3O6/c1-40(2,3)45-36(48)28-15-14-27-29(34(28)38(45)50)20-30-37(49)46(44-32-17-11-22(42)19-31(32)43)39(51)41(30,21-9-12-23(52-4)13-10-21)35(27)26-16-18-33(47)25-8-6-5-7-24(25)26/h5-14,16-19,28-30,34-35,44,47H,15,20H2,1-4H3.